The summed E-state index contributed by atoms with van der Waals surface area (Å²) >= 11 is 0. The average Bonchev–Trinajstić information content (AvgIpc) is 3.11. The smallest absolute Gasteiger partial charge is 0.237 e. The number of sulfonamides is 1. The third kappa shape index (κ3) is 4.13. The van der Waals surface area contributed by atoms with Gasteiger partial charge in [0.15, 0.2) is 11.6 Å². The maximum Gasteiger partial charge on any atom is 0.237 e. The van der Waals surface area contributed by atoms with Crippen LogP contribution in [0, 0.1) is 11.6 Å². The quantitative estimate of drug-likeness (QED) is 0.451. The van der Waals surface area contributed by atoms with Crippen LogP contribution in [0.25, 0.3) is 22.2 Å². The molecule has 0 atom stereocenters. The van der Waals surface area contributed by atoms with Gasteiger partial charge in [-0.05, 0) is 35.9 Å². The highest BCUT2D eigenvalue weighted by atomic mass is 32.2. The van der Waals surface area contributed by atoms with Crippen LogP contribution in [0.3, 0.4) is 0 Å². The summed E-state index contributed by atoms with van der Waals surface area (Å²) in [6, 6.07) is 17.6. The van der Waals surface area contributed by atoms with Crippen molar-refractivity contribution in [1.82, 2.24) is 4.98 Å². The van der Waals surface area contributed by atoms with Crippen molar-refractivity contribution in [3.05, 3.63) is 83.9 Å². The number of ether oxygens (including phenoxy) is 1. The minimum absolute atomic E-state index is 0.188. The molecule has 0 aliphatic heterocycles. The highest BCUT2D eigenvalue weighted by molar-refractivity contribution is 7.91. The maximum absolute atomic E-state index is 13.5. The second kappa shape index (κ2) is 7.79. The highest BCUT2D eigenvalue weighted by Gasteiger charge is 2.16. The normalized spacial score (nSPS) is 11.6. The van der Waals surface area contributed by atoms with Crippen LogP contribution in [-0.4, -0.2) is 20.5 Å². The van der Waals surface area contributed by atoms with Crippen LogP contribution in [0.1, 0.15) is 5.56 Å². The number of rotatable bonds is 6. The zero-order valence-electron chi connectivity index (χ0n) is 15.9. The van der Waals surface area contributed by atoms with Gasteiger partial charge in [0.25, 0.3) is 0 Å². The van der Waals surface area contributed by atoms with E-state index in [0.717, 1.165) is 12.1 Å². The standard InChI is InChI=1S/C22H18F2N2O3S/c1-29-22-8-7-15(19-11-16-9-17(23)18(24)12-20(16)25-19)10-21(22)26-30(27,28)13-14-5-3-2-4-6-14/h2-12,25-26H,13H2,1H3. The lowest BCUT2D eigenvalue weighted by atomic mass is 10.1. The summed E-state index contributed by atoms with van der Waals surface area (Å²) < 4.78 is 60.1. The van der Waals surface area contributed by atoms with Gasteiger partial charge in [0.1, 0.15) is 5.75 Å². The van der Waals surface area contributed by atoms with Crippen molar-refractivity contribution in [2.24, 2.45) is 0 Å². The molecule has 4 aromatic rings. The summed E-state index contributed by atoms with van der Waals surface area (Å²) in [5.74, 6) is -1.72. The topological polar surface area (TPSA) is 71.2 Å². The fourth-order valence-electron chi connectivity index (χ4n) is 3.23. The number of nitrogens with one attached hydrogen (secondary N) is 2. The van der Waals surface area contributed by atoms with Gasteiger partial charge in [0.05, 0.1) is 18.6 Å². The van der Waals surface area contributed by atoms with Gasteiger partial charge in [-0.1, -0.05) is 30.3 Å². The van der Waals surface area contributed by atoms with Crippen molar-refractivity contribution in [2.75, 3.05) is 11.8 Å². The van der Waals surface area contributed by atoms with Crippen molar-refractivity contribution in [2.45, 2.75) is 5.75 Å². The van der Waals surface area contributed by atoms with Gasteiger partial charge < -0.3 is 9.72 Å². The van der Waals surface area contributed by atoms with E-state index in [-0.39, 0.29) is 11.4 Å². The Morgan fingerprint density at radius 3 is 2.43 bits per heavy atom. The predicted molar refractivity (Wildman–Crippen MR) is 113 cm³/mol. The van der Waals surface area contributed by atoms with Crippen LogP contribution < -0.4 is 9.46 Å². The Balaban J connectivity index is 1.68. The number of H-pyrrole nitrogens is 1. The Bertz CT molecular complexity index is 1280. The first-order valence-electron chi connectivity index (χ1n) is 9.05. The molecular weight excluding hydrogens is 410 g/mol. The van der Waals surface area contributed by atoms with Gasteiger partial charge in [-0.2, -0.15) is 0 Å². The van der Waals surface area contributed by atoms with E-state index in [9.17, 15) is 17.2 Å². The third-order valence-corrected chi connectivity index (χ3v) is 5.88. The van der Waals surface area contributed by atoms with Crippen LogP contribution >= 0.6 is 0 Å². The fourth-order valence-corrected chi connectivity index (χ4v) is 4.43. The lowest BCUT2D eigenvalue weighted by Gasteiger charge is -2.13. The van der Waals surface area contributed by atoms with Crippen molar-refractivity contribution < 1.29 is 21.9 Å². The van der Waals surface area contributed by atoms with Gasteiger partial charge in [-0.25, -0.2) is 17.2 Å². The lowest BCUT2D eigenvalue weighted by Crippen LogP contribution is -2.15. The van der Waals surface area contributed by atoms with Crippen molar-refractivity contribution in [3.8, 4) is 17.0 Å². The van der Waals surface area contributed by atoms with Crippen LogP contribution in [0.4, 0.5) is 14.5 Å². The number of hydrogen-bond acceptors (Lipinski definition) is 3. The van der Waals surface area contributed by atoms with E-state index < -0.39 is 21.7 Å². The molecule has 0 spiro atoms. The number of fused-ring (bicyclic) bond motifs is 1. The third-order valence-electron chi connectivity index (χ3n) is 4.64. The summed E-state index contributed by atoms with van der Waals surface area (Å²) in [6.45, 7) is 0. The van der Waals surface area contributed by atoms with E-state index in [1.54, 1.807) is 48.5 Å². The molecule has 30 heavy (non-hydrogen) atoms. The molecule has 0 amide bonds. The summed E-state index contributed by atoms with van der Waals surface area (Å²) in [5.41, 5.74) is 2.57. The van der Waals surface area contributed by atoms with E-state index >= 15 is 0 Å². The predicted octanol–water partition coefficient (Wildman–Crippen LogP) is 5.06. The minimum atomic E-state index is -3.69. The van der Waals surface area contributed by atoms with Crippen molar-refractivity contribution in [3.63, 3.8) is 0 Å². The number of aromatic amines is 1. The van der Waals surface area contributed by atoms with E-state index in [1.807, 2.05) is 6.07 Å². The van der Waals surface area contributed by atoms with Gasteiger partial charge in [0.2, 0.25) is 10.0 Å². The molecule has 3 aromatic carbocycles. The molecule has 4 rings (SSSR count). The molecular formula is C22H18F2N2O3S. The minimum Gasteiger partial charge on any atom is -0.495 e. The summed E-state index contributed by atoms with van der Waals surface area (Å²) in [6.07, 6.45) is 0. The summed E-state index contributed by atoms with van der Waals surface area (Å²) in [4.78, 5) is 3.02. The zero-order chi connectivity index (χ0) is 21.3. The molecule has 0 radical (unpaired) electrons. The molecule has 1 aromatic heterocycles. The van der Waals surface area contributed by atoms with Gasteiger partial charge in [0, 0.05) is 28.2 Å². The number of benzene rings is 3. The molecule has 2 N–H and O–H groups in total. The van der Waals surface area contributed by atoms with Gasteiger partial charge in [-0.3, -0.25) is 4.72 Å². The highest BCUT2D eigenvalue weighted by Crippen LogP contribution is 2.33. The molecule has 0 saturated carbocycles. The molecule has 0 aliphatic carbocycles. The van der Waals surface area contributed by atoms with Crippen LogP contribution in [0.2, 0.25) is 0 Å². The first-order chi connectivity index (χ1) is 14.3. The van der Waals surface area contributed by atoms with Crippen molar-refractivity contribution >= 4 is 26.6 Å². The maximum atomic E-state index is 13.5. The van der Waals surface area contributed by atoms with Gasteiger partial charge >= 0.3 is 0 Å². The van der Waals surface area contributed by atoms with E-state index in [4.69, 9.17) is 4.74 Å². The lowest BCUT2D eigenvalue weighted by molar-refractivity contribution is 0.417. The molecule has 5 nitrogen and oxygen atoms in total. The first-order valence-corrected chi connectivity index (χ1v) is 10.7. The molecule has 0 bridgehead atoms. The van der Waals surface area contributed by atoms with Crippen LogP contribution in [0.15, 0.2) is 66.7 Å². The molecule has 0 saturated heterocycles. The number of hydrogen-bond donors (Lipinski definition) is 2. The Morgan fingerprint density at radius 2 is 1.70 bits per heavy atom. The Kier molecular flexibility index (Phi) is 5.17. The van der Waals surface area contributed by atoms with E-state index in [2.05, 4.69) is 9.71 Å². The number of anilines is 1. The Hall–Kier alpha value is -3.39. The Labute approximate surface area is 172 Å². The number of halogens is 2. The summed E-state index contributed by atoms with van der Waals surface area (Å²) in [7, 11) is -2.25. The summed E-state index contributed by atoms with van der Waals surface area (Å²) in [5, 5.41) is 0.505. The molecule has 1 heterocycles. The largest absolute Gasteiger partial charge is 0.495 e. The molecule has 0 fully saturated rings. The molecule has 0 unspecified atom stereocenters. The van der Waals surface area contributed by atoms with Crippen molar-refractivity contribution in [1.29, 1.82) is 0 Å². The molecule has 8 heteroatoms. The second-order valence-corrected chi connectivity index (χ2v) is 8.52. The average molecular weight is 428 g/mol. The van der Waals surface area contributed by atoms with E-state index in [0.29, 0.717) is 33.5 Å². The number of aromatic nitrogens is 1. The molecule has 0 aliphatic rings. The van der Waals surface area contributed by atoms with Crippen LogP contribution in [-0.2, 0) is 15.8 Å². The monoisotopic (exact) mass is 428 g/mol. The SMILES string of the molecule is COc1ccc(-c2cc3cc(F)c(F)cc3[nH]2)cc1NS(=O)(=O)Cc1ccccc1. The van der Waals surface area contributed by atoms with E-state index in [1.165, 1.54) is 7.11 Å². The number of methoxy groups -OCH3 is 1. The fraction of sp³-hybridized carbons (Fsp3) is 0.0909. The van der Waals surface area contributed by atoms with Gasteiger partial charge in [-0.15, -0.1) is 0 Å². The second-order valence-electron chi connectivity index (χ2n) is 6.80. The molecule has 154 valence electrons. The first kappa shape index (κ1) is 19.9. The zero-order valence-corrected chi connectivity index (χ0v) is 16.8. The van der Waals surface area contributed by atoms with Crippen LogP contribution in [0.5, 0.6) is 5.75 Å². The Morgan fingerprint density at radius 1 is 0.967 bits per heavy atom.